The van der Waals surface area contributed by atoms with E-state index in [0.29, 0.717) is 12.1 Å². The van der Waals surface area contributed by atoms with E-state index in [9.17, 15) is 69.4 Å². The van der Waals surface area contributed by atoms with E-state index >= 15 is 0 Å². The van der Waals surface area contributed by atoms with Crippen molar-refractivity contribution in [3.8, 4) is 11.5 Å². The summed E-state index contributed by atoms with van der Waals surface area (Å²) in [5, 5.41) is 104. The molecule has 0 spiro atoms. The first kappa shape index (κ1) is 53.6. The number of fused-ring (bicyclic) bond motifs is 2. The molecule has 71 heavy (non-hydrogen) atoms. The van der Waals surface area contributed by atoms with E-state index < -0.39 is 128 Å². The number of hydrogen-bond donors (Lipinski definition) is 9. The number of phenols is 2. The number of phenolic OH excluding ortho intramolecular Hbond substituents is 2. The Kier molecular flexibility index (Phi) is 16.4. The number of rotatable bonds is 20. The molecule has 0 aliphatic carbocycles. The molecule has 6 aromatic rings. The van der Waals surface area contributed by atoms with Crippen molar-refractivity contribution in [3.05, 3.63) is 87.0 Å². The summed E-state index contributed by atoms with van der Waals surface area (Å²) in [7, 11) is -15.9. The molecule has 0 aromatic heterocycles. The van der Waals surface area contributed by atoms with Crippen molar-refractivity contribution in [3.63, 3.8) is 0 Å². The van der Waals surface area contributed by atoms with Crippen LogP contribution in [0.3, 0.4) is 0 Å². The summed E-state index contributed by atoms with van der Waals surface area (Å²) in [6.07, 6.45) is 0. The van der Waals surface area contributed by atoms with Crippen LogP contribution in [-0.2, 0) is 58.5 Å². The van der Waals surface area contributed by atoms with Gasteiger partial charge in [0.25, 0.3) is 41.7 Å². The summed E-state index contributed by atoms with van der Waals surface area (Å²) < 4.78 is 119. The van der Waals surface area contributed by atoms with Crippen LogP contribution in [0.1, 0.15) is 0 Å². The molecule has 0 unspecified atom stereocenters. The Morgan fingerprint density at radius 2 is 0.958 bits per heavy atom. The summed E-state index contributed by atoms with van der Waals surface area (Å²) >= 11 is 0.394. The highest BCUT2D eigenvalue weighted by atomic mass is 32.2. The maximum absolute atomic E-state index is 12.8. The molecule has 6 rings (SSSR count). The molecule has 0 aliphatic heterocycles. The van der Waals surface area contributed by atoms with E-state index in [1.54, 1.807) is 0 Å². The Labute approximate surface area is 404 Å². The molecule has 0 fully saturated rings. The fraction of sp³-hybridized carbons (Fsp3) is 0. The molecule has 0 bridgehead atoms. The van der Waals surface area contributed by atoms with E-state index in [2.05, 4.69) is 58.8 Å². The van der Waals surface area contributed by atoms with E-state index in [-0.39, 0.29) is 62.4 Å². The van der Waals surface area contributed by atoms with Crippen LogP contribution in [0.2, 0.25) is 0 Å². The van der Waals surface area contributed by atoms with Gasteiger partial charge in [0.15, 0.2) is 11.5 Å². The third-order valence-corrected chi connectivity index (χ3v) is 13.3. The first-order valence-corrected chi connectivity index (χ1v) is 24.1. The van der Waals surface area contributed by atoms with Gasteiger partial charge in [-0.2, -0.15) is 25.3 Å². The summed E-state index contributed by atoms with van der Waals surface area (Å²) in [6.45, 7) is 0. The maximum atomic E-state index is 12.8. The molecule has 6 aromatic carbocycles. The second-order valence-electron chi connectivity index (χ2n) is 12.9. The highest BCUT2D eigenvalue weighted by Crippen LogP contribution is 2.51. The summed E-state index contributed by atoms with van der Waals surface area (Å²) in [5.74, 6) is -2.12. The van der Waals surface area contributed by atoms with Crippen molar-refractivity contribution in [2.24, 2.45) is 30.7 Å². The molecule has 0 saturated heterocycles. The minimum Gasteiger partial charge on any atom is -0.505 e. The zero-order chi connectivity index (χ0) is 52.2. The van der Waals surface area contributed by atoms with Crippen molar-refractivity contribution in [2.45, 2.75) is 29.4 Å². The number of nitro groups is 2. The van der Waals surface area contributed by atoms with E-state index in [1.165, 1.54) is 0 Å². The third kappa shape index (κ3) is 12.1. The lowest BCUT2D eigenvalue weighted by Crippen LogP contribution is -2.02. The smallest absolute Gasteiger partial charge is 0.297 e. The van der Waals surface area contributed by atoms with Gasteiger partial charge < -0.3 is 15.9 Å². The monoisotopic (exact) mass is 1110 g/mol. The van der Waals surface area contributed by atoms with Gasteiger partial charge in [0, 0.05) is 29.7 Å². The normalized spacial score (nSPS) is 12.6. The lowest BCUT2D eigenvalue weighted by atomic mass is 10.1. The number of nitro benzene ring substituents is 2. The molecule has 0 heterocycles. The molecule has 0 aliphatic rings. The van der Waals surface area contributed by atoms with Crippen LogP contribution in [0, 0.1) is 20.2 Å². The number of hydrogen-bond acceptors (Lipinski definition) is 31. The van der Waals surface area contributed by atoms with Crippen LogP contribution in [-0.4, -0.2) is 74.7 Å². The SMILES string of the molecule is Nc1c(N=Nc2cc3c(O)c(N=Nc4ccc([N+](=O)[O-])cc4SOOO)c(S(=O)(=O)O)cc3cc2SOOO)c(S(=O)(=O)O)cc2cc(SOOO)c(N=Nc3ccc([N+](=O)[O-])cc3S(=O)(=O)O)c(O)c12. The summed E-state index contributed by atoms with van der Waals surface area (Å²) in [6, 6.07) is 9.09. The predicted molar refractivity (Wildman–Crippen MR) is 236 cm³/mol. The topological polar surface area (TPSA) is 506 Å². The highest BCUT2D eigenvalue weighted by Gasteiger charge is 2.28. The quantitative estimate of drug-likeness (QED) is 0.00654. The van der Waals surface area contributed by atoms with Crippen LogP contribution in [0.25, 0.3) is 21.5 Å². The molecular formula is C32H21N9O24S6. The van der Waals surface area contributed by atoms with Gasteiger partial charge in [0.05, 0.1) is 71.7 Å². The zero-order valence-electron chi connectivity index (χ0n) is 33.6. The Morgan fingerprint density at radius 3 is 1.52 bits per heavy atom. The van der Waals surface area contributed by atoms with E-state index in [0.717, 1.165) is 54.6 Å². The number of aromatic hydroxyl groups is 2. The number of anilines is 1. The Hall–Kier alpha value is -6.74. The number of non-ortho nitro benzene ring substituents is 2. The van der Waals surface area contributed by atoms with Gasteiger partial charge in [-0.25, -0.2) is 15.8 Å². The fourth-order valence-corrected chi connectivity index (χ4v) is 9.31. The van der Waals surface area contributed by atoms with Gasteiger partial charge in [-0.15, -0.1) is 43.7 Å². The van der Waals surface area contributed by atoms with Crippen LogP contribution >= 0.6 is 36.1 Å². The van der Waals surface area contributed by atoms with Crippen molar-refractivity contribution < 1.29 is 103 Å². The standard InChI is InChI=1S/C32H21N9O24S6/c33-27-26-13(6-22(68-65-62-50)28(32(26)43)37-35-18-4-2-15(41(46)47)10-23(18)69(51,52)53)8-24(70(54,55)56)29(27)38-36-19-11-16-12(5-20(19)66-63-60-48)7-25(71(57,58)59)30(31(16)42)39-34-17-3-1-14(40(44)45)9-21(17)67-64-61-49/h1-11,42-43,48-50H,33H2,(H,51,52,53)(H,54,55,56)(H,57,58,59). The van der Waals surface area contributed by atoms with Crippen LogP contribution in [0.5, 0.6) is 11.5 Å². The van der Waals surface area contributed by atoms with Crippen molar-refractivity contribution >= 4 is 139 Å². The van der Waals surface area contributed by atoms with Gasteiger partial charge in [-0.05, 0) is 53.2 Å². The van der Waals surface area contributed by atoms with Crippen molar-refractivity contribution in [2.75, 3.05) is 5.73 Å². The second kappa shape index (κ2) is 21.7. The molecule has 0 radical (unpaired) electrons. The first-order valence-electron chi connectivity index (χ1n) is 17.5. The molecule has 0 atom stereocenters. The summed E-state index contributed by atoms with van der Waals surface area (Å²) in [4.78, 5) is 16.5. The number of nitrogens with zero attached hydrogens (tertiary/aromatic N) is 8. The van der Waals surface area contributed by atoms with E-state index in [4.69, 9.17) is 21.5 Å². The predicted octanol–water partition coefficient (Wildman–Crippen LogP) is 9.07. The molecule has 0 amide bonds. The molecule has 374 valence electrons. The minimum absolute atomic E-state index is 0.0767. The van der Waals surface area contributed by atoms with Gasteiger partial charge in [0.2, 0.25) is 0 Å². The Balaban J connectivity index is 1.57. The highest BCUT2D eigenvalue weighted by molar-refractivity contribution is 7.95. The Bertz CT molecular complexity index is 3600. The van der Waals surface area contributed by atoms with Gasteiger partial charge in [-0.1, -0.05) is 15.1 Å². The number of nitrogens with two attached hydrogens (primary N) is 1. The number of benzene rings is 6. The number of azo groups is 3. The fourth-order valence-electron chi connectivity index (χ4n) is 5.91. The lowest BCUT2D eigenvalue weighted by molar-refractivity contribution is -0.432. The lowest BCUT2D eigenvalue weighted by Gasteiger charge is -2.14. The average molecular weight is 1110 g/mol. The van der Waals surface area contributed by atoms with Gasteiger partial charge >= 0.3 is 0 Å². The minimum atomic E-state index is -5.39. The van der Waals surface area contributed by atoms with Crippen molar-refractivity contribution in [1.82, 2.24) is 0 Å². The maximum Gasteiger partial charge on any atom is 0.297 e. The first-order chi connectivity index (χ1) is 33.4. The van der Waals surface area contributed by atoms with Gasteiger partial charge in [-0.3, -0.25) is 33.9 Å². The molecular weight excluding hydrogens is 1090 g/mol. The summed E-state index contributed by atoms with van der Waals surface area (Å²) in [5.41, 5.74) is 0.00557. The Morgan fingerprint density at radius 1 is 0.507 bits per heavy atom. The average Bonchev–Trinajstić information content (AvgIpc) is 3.29. The second-order valence-corrected chi connectivity index (χ2v) is 19.3. The number of nitrogen functional groups attached to an aromatic ring is 1. The van der Waals surface area contributed by atoms with Crippen molar-refractivity contribution in [1.29, 1.82) is 0 Å². The van der Waals surface area contributed by atoms with Gasteiger partial charge in [0.1, 0.15) is 48.8 Å². The molecule has 39 heteroatoms. The molecule has 0 saturated carbocycles. The van der Waals surface area contributed by atoms with Crippen LogP contribution < -0.4 is 5.73 Å². The molecule has 33 nitrogen and oxygen atoms in total. The van der Waals surface area contributed by atoms with Crippen LogP contribution in [0.4, 0.5) is 51.2 Å². The third-order valence-electron chi connectivity index (χ3n) is 8.82. The van der Waals surface area contributed by atoms with E-state index in [1.807, 2.05) is 0 Å². The molecule has 10 N–H and O–H groups in total. The van der Waals surface area contributed by atoms with Crippen LogP contribution in [0.15, 0.2) is 127 Å². The zero-order valence-corrected chi connectivity index (χ0v) is 38.5. The largest absolute Gasteiger partial charge is 0.505 e.